The molecule has 4 rings (SSSR count). The van der Waals surface area contributed by atoms with Gasteiger partial charge in [0, 0.05) is 11.6 Å². The minimum atomic E-state index is -0.200. The van der Waals surface area contributed by atoms with Gasteiger partial charge < -0.3 is 10.2 Å². The second-order valence-electron chi connectivity index (χ2n) is 6.71. The maximum atomic E-state index is 13.1. The Balaban J connectivity index is 1.68. The highest BCUT2D eigenvalue weighted by atomic mass is 35.5. The van der Waals surface area contributed by atoms with Crippen LogP contribution in [0.3, 0.4) is 0 Å². The summed E-state index contributed by atoms with van der Waals surface area (Å²) >= 11 is 6.14. The van der Waals surface area contributed by atoms with E-state index in [-0.39, 0.29) is 24.5 Å². The van der Waals surface area contributed by atoms with Gasteiger partial charge in [-0.2, -0.15) is 0 Å². The number of halogens is 1. The maximum Gasteiger partial charge on any atom is 0.257 e. The summed E-state index contributed by atoms with van der Waals surface area (Å²) in [6, 6.07) is 14.7. The van der Waals surface area contributed by atoms with Crippen molar-refractivity contribution in [2.75, 3.05) is 18.1 Å². The molecular weight excluding hydrogens is 350 g/mol. The van der Waals surface area contributed by atoms with E-state index >= 15 is 0 Å². The molecule has 0 radical (unpaired) electrons. The number of rotatable bonds is 3. The lowest BCUT2D eigenvalue weighted by Gasteiger charge is -2.38. The van der Waals surface area contributed by atoms with Gasteiger partial charge in [-0.3, -0.25) is 14.5 Å². The Bertz CT molecular complexity index is 834. The second kappa shape index (κ2) is 7.09. The molecular formula is C20H20ClN3O2. The van der Waals surface area contributed by atoms with Crippen LogP contribution in [0, 0.1) is 0 Å². The molecule has 2 aliphatic heterocycles. The van der Waals surface area contributed by atoms with Crippen LogP contribution >= 0.6 is 11.6 Å². The van der Waals surface area contributed by atoms with Gasteiger partial charge in [0.05, 0.1) is 17.3 Å². The summed E-state index contributed by atoms with van der Waals surface area (Å²) in [5.74, 6) is -0.0828. The average Bonchev–Trinajstić information content (AvgIpc) is 3.19. The summed E-state index contributed by atoms with van der Waals surface area (Å²) in [6.07, 6.45) is 1.80. The zero-order valence-corrected chi connectivity index (χ0v) is 15.1. The first-order valence-electron chi connectivity index (χ1n) is 8.81. The average molecular weight is 370 g/mol. The molecule has 2 amide bonds. The number of nitrogens with one attached hydrogen (secondary N) is 1. The van der Waals surface area contributed by atoms with Crippen LogP contribution in [0.2, 0.25) is 5.02 Å². The molecule has 0 aromatic heterocycles. The number of hydrogen-bond acceptors (Lipinski definition) is 3. The summed E-state index contributed by atoms with van der Waals surface area (Å²) in [5.41, 5.74) is 2.15. The van der Waals surface area contributed by atoms with Crippen molar-refractivity contribution in [1.29, 1.82) is 0 Å². The van der Waals surface area contributed by atoms with Gasteiger partial charge in [-0.05, 0) is 43.1 Å². The van der Waals surface area contributed by atoms with Crippen LogP contribution in [0.1, 0.15) is 28.8 Å². The van der Waals surface area contributed by atoms with E-state index < -0.39 is 0 Å². The first kappa shape index (κ1) is 17.1. The van der Waals surface area contributed by atoms with Crippen molar-refractivity contribution >= 4 is 29.1 Å². The van der Waals surface area contributed by atoms with Crippen LogP contribution in [-0.2, 0) is 11.3 Å². The van der Waals surface area contributed by atoms with E-state index in [1.165, 1.54) is 0 Å². The SMILES string of the molecule is O=C1c2ccc(Cl)cc2N(C(=O)C2CCCN2)CN1Cc1ccccc1. The molecule has 1 unspecified atom stereocenters. The first-order chi connectivity index (χ1) is 12.6. The van der Waals surface area contributed by atoms with Gasteiger partial charge in [0.1, 0.15) is 6.67 Å². The smallest absolute Gasteiger partial charge is 0.257 e. The first-order valence-corrected chi connectivity index (χ1v) is 9.19. The number of benzene rings is 2. The highest BCUT2D eigenvalue weighted by Gasteiger charge is 2.36. The Morgan fingerprint density at radius 2 is 2.00 bits per heavy atom. The molecule has 2 aromatic carbocycles. The Morgan fingerprint density at radius 3 is 2.73 bits per heavy atom. The van der Waals surface area contributed by atoms with Crippen molar-refractivity contribution in [2.45, 2.75) is 25.4 Å². The standard InChI is InChI=1S/C20H20ClN3O2/c21-15-8-9-16-18(11-15)24(20(26)17-7-4-10-22-17)13-23(19(16)25)12-14-5-2-1-3-6-14/h1-3,5-6,8-9,11,17,22H,4,7,10,12-13H2. The van der Waals surface area contributed by atoms with Gasteiger partial charge in [0.15, 0.2) is 0 Å². The molecule has 2 aliphatic rings. The molecule has 134 valence electrons. The molecule has 2 heterocycles. The van der Waals surface area contributed by atoms with Crippen LogP contribution in [0.4, 0.5) is 5.69 Å². The van der Waals surface area contributed by atoms with E-state index in [9.17, 15) is 9.59 Å². The highest BCUT2D eigenvalue weighted by Crippen LogP contribution is 2.32. The van der Waals surface area contributed by atoms with Gasteiger partial charge in [-0.1, -0.05) is 41.9 Å². The number of hydrogen-bond donors (Lipinski definition) is 1. The lowest BCUT2D eigenvalue weighted by Crippen LogP contribution is -2.53. The minimum Gasteiger partial charge on any atom is -0.316 e. The van der Waals surface area contributed by atoms with Gasteiger partial charge in [-0.15, -0.1) is 0 Å². The van der Waals surface area contributed by atoms with E-state index in [1.807, 2.05) is 30.3 Å². The van der Waals surface area contributed by atoms with Crippen molar-refractivity contribution in [1.82, 2.24) is 10.2 Å². The third kappa shape index (κ3) is 3.20. The van der Waals surface area contributed by atoms with E-state index in [4.69, 9.17) is 11.6 Å². The van der Waals surface area contributed by atoms with Crippen LogP contribution in [-0.4, -0.2) is 36.0 Å². The van der Waals surface area contributed by atoms with E-state index in [2.05, 4.69) is 5.32 Å². The zero-order chi connectivity index (χ0) is 18.1. The molecule has 5 nitrogen and oxygen atoms in total. The van der Waals surface area contributed by atoms with Crippen molar-refractivity contribution in [3.8, 4) is 0 Å². The van der Waals surface area contributed by atoms with Crippen molar-refractivity contribution in [3.63, 3.8) is 0 Å². The lowest BCUT2D eigenvalue weighted by atomic mass is 10.1. The van der Waals surface area contributed by atoms with E-state index in [0.29, 0.717) is 22.8 Å². The minimum absolute atomic E-state index is 0.00317. The van der Waals surface area contributed by atoms with Crippen LogP contribution in [0.15, 0.2) is 48.5 Å². The molecule has 1 fully saturated rings. The molecule has 1 atom stereocenters. The number of fused-ring (bicyclic) bond motifs is 1. The Morgan fingerprint density at radius 1 is 1.19 bits per heavy atom. The summed E-state index contributed by atoms with van der Waals surface area (Å²) in [6.45, 7) is 1.54. The van der Waals surface area contributed by atoms with Crippen molar-refractivity contribution in [3.05, 3.63) is 64.7 Å². The van der Waals surface area contributed by atoms with Crippen molar-refractivity contribution in [2.24, 2.45) is 0 Å². The van der Waals surface area contributed by atoms with E-state index in [0.717, 1.165) is 24.9 Å². The number of carbonyl (C=O) groups excluding carboxylic acids is 2. The summed E-state index contributed by atoms with van der Waals surface area (Å²) in [4.78, 5) is 29.4. The van der Waals surface area contributed by atoms with Crippen LogP contribution < -0.4 is 10.2 Å². The third-order valence-corrected chi connectivity index (χ3v) is 5.16. The fraction of sp³-hybridized carbons (Fsp3) is 0.300. The monoisotopic (exact) mass is 369 g/mol. The molecule has 1 saturated heterocycles. The predicted octanol–water partition coefficient (Wildman–Crippen LogP) is 3.04. The fourth-order valence-electron chi connectivity index (χ4n) is 3.59. The molecule has 0 aliphatic carbocycles. The largest absolute Gasteiger partial charge is 0.316 e. The molecule has 1 N–H and O–H groups in total. The lowest BCUT2D eigenvalue weighted by molar-refractivity contribution is -0.120. The van der Waals surface area contributed by atoms with Gasteiger partial charge >= 0.3 is 0 Å². The van der Waals surface area contributed by atoms with Gasteiger partial charge in [-0.25, -0.2) is 0 Å². The zero-order valence-electron chi connectivity index (χ0n) is 14.3. The fourth-order valence-corrected chi connectivity index (χ4v) is 3.75. The number of carbonyl (C=O) groups is 2. The molecule has 0 bridgehead atoms. The molecule has 0 saturated carbocycles. The number of amides is 2. The summed E-state index contributed by atoms with van der Waals surface area (Å²) in [5, 5.41) is 3.77. The second-order valence-corrected chi connectivity index (χ2v) is 7.14. The Kier molecular flexibility index (Phi) is 4.66. The molecule has 26 heavy (non-hydrogen) atoms. The number of anilines is 1. The summed E-state index contributed by atoms with van der Waals surface area (Å²) < 4.78 is 0. The van der Waals surface area contributed by atoms with Crippen LogP contribution in [0.25, 0.3) is 0 Å². The number of nitrogens with zero attached hydrogens (tertiary/aromatic N) is 2. The summed E-state index contributed by atoms with van der Waals surface area (Å²) in [7, 11) is 0. The molecule has 2 aromatic rings. The normalized spacial score (nSPS) is 19.6. The highest BCUT2D eigenvalue weighted by molar-refractivity contribution is 6.31. The van der Waals surface area contributed by atoms with E-state index in [1.54, 1.807) is 28.0 Å². The predicted molar refractivity (Wildman–Crippen MR) is 101 cm³/mol. The van der Waals surface area contributed by atoms with Gasteiger partial charge in [0.2, 0.25) is 5.91 Å². The quantitative estimate of drug-likeness (QED) is 0.904. The molecule has 0 spiro atoms. The third-order valence-electron chi connectivity index (χ3n) is 4.92. The molecule has 6 heteroatoms. The Labute approximate surface area is 157 Å². The Hall–Kier alpha value is -2.37. The van der Waals surface area contributed by atoms with Gasteiger partial charge in [0.25, 0.3) is 5.91 Å². The van der Waals surface area contributed by atoms with Crippen molar-refractivity contribution < 1.29 is 9.59 Å². The topological polar surface area (TPSA) is 52.7 Å². The maximum absolute atomic E-state index is 13.1. The van der Waals surface area contributed by atoms with Crippen LogP contribution in [0.5, 0.6) is 0 Å².